The Morgan fingerprint density at radius 2 is 1.88 bits per heavy atom. The second kappa shape index (κ2) is 8.12. The molecule has 134 valence electrons. The maximum Gasteiger partial charge on any atom is 0.237 e. The number of nitrogens with one attached hydrogen (secondary N) is 1. The first-order valence-electron chi connectivity index (χ1n) is 7.83. The number of hydrogen-bond donors (Lipinski definition) is 1. The first-order chi connectivity index (χ1) is 12.5. The minimum atomic E-state index is -0.381. The van der Waals surface area contributed by atoms with Crippen LogP contribution in [0.15, 0.2) is 53.7 Å². The van der Waals surface area contributed by atoms with Crippen molar-refractivity contribution in [3.05, 3.63) is 58.6 Å². The number of aromatic nitrogens is 3. The molecule has 1 amide bonds. The van der Waals surface area contributed by atoms with Crippen LogP contribution >= 0.6 is 35.0 Å². The summed E-state index contributed by atoms with van der Waals surface area (Å²) in [6, 6.07) is 14.7. The van der Waals surface area contributed by atoms with Gasteiger partial charge in [0.15, 0.2) is 11.0 Å². The molecule has 0 spiro atoms. The molecule has 2 aromatic carbocycles. The lowest BCUT2D eigenvalue weighted by atomic mass is 10.2. The highest BCUT2D eigenvalue weighted by Crippen LogP contribution is 2.28. The lowest BCUT2D eigenvalue weighted by molar-refractivity contribution is -0.115. The number of amides is 1. The molecule has 0 fully saturated rings. The Balaban J connectivity index is 1.71. The van der Waals surface area contributed by atoms with E-state index in [-0.39, 0.29) is 11.2 Å². The first-order valence-corrected chi connectivity index (χ1v) is 9.46. The van der Waals surface area contributed by atoms with Crippen molar-refractivity contribution in [3.8, 4) is 11.4 Å². The van der Waals surface area contributed by atoms with Crippen molar-refractivity contribution in [2.75, 3.05) is 5.32 Å². The Kier molecular flexibility index (Phi) is 5.86. The summed E-state index contributed by atoms with van der Waals surface area (Å²) in [5, 5.41) is 12.4. The predicted molar refractivity (Wildman–Crippen MR) is 107 cm³/mol. The van der Waals surface area contributed by atoms with E-state index in [1.165, 1.54) is 11.8 Å². The van der Waals surface area contributed by atoms with Crippen molar-refractivity contribution in [2.24, 2.45) is 7.05 Å². The molecule has 8 heteroatoms. The number of hydrogen-bond acceptors (Lipinski definition) is 4. The van der Waals surface area contributed by atoms with Crippen LogP contribution in [0.3, 0.4) is 0 Å². The second-order valence-electron chi connectivity index (χ2n) is 5.60. The van der Waals surface area contributed by atoms with Gasteiger partial charge in [-0.05, 0) is 25.1 Å². The summed E-state index contributed by atoms with van der Waals surface area (Å²) < 4.78 is 1.87. The van der Waals surface area contributed by atoms with Gasteiger partial charge >= 0.3 is 0 Å². The highest BCUT2D eigenvalue weighted by Gasteiger charge is 2.20. The molecule has 0 radical (unpaired) electrons. The predicted octanol–water partition coefficient (Wildman–Crippen LogP) is 4.91. The first kappa shape index (κ1) is 18.8. The highest BCUT2D eigenvalue weighted by atomic mass is 35.5. The number of rotatable bonds is 5. The van der Waals surface area contributed by atoms with Gasteiger partial charge in [0.1, 0.15) is 0 Å². The van der Waals surface area contributed by atoms with Gasteiger partial charge in [0.2, 0.25) is 5.91 Å². The Labute approximate surface area is 165 Å². The molecule has 0 aliphatic rings. The number of nitrogens with zero attached hydrogens (tertiary/aromatic N) is 3. The van der Waals surface area contributed by atoms with Crippen molar-refractivity contribution in [1.29, 1.82) is 0 Å². The van der Waals surface area contributed by atoms with Crippen LogP contribution < -0.4 is 5.32 Å². The maximum atomic E-state index is 12.5. The monoisotopic (exact) mass is 406 g/mol. The molecule has 5 nitrogen and oxygen atoms in total. The molecule has 1 N–H and O–H groups in total. The fraction of sp³-hybridized carbons (Fsp3) is 0.167. The largest absolute Gasteiger partial charge is 0.324 e. The van der Waals surface area contributed by atoms with E-state index in [0.29, 0.717) is 20.9 Å². The number of halogens is 2. The number of benzene rings is 2. The highest BCUT2D eigenvalue weighted by molar-refractivity contribution is 8.00. The topological polar surface area (TPSA) is 59.8 Å². The van der Waals surface area contributed by atoms with Crippen molar-refractivity contribution in [2.45, 2.75) is 17.3 Å². The third kappa shape index (κ3) is 4.20. The molecule has 0 bridgehead atoms. The van der Waals surface area contributed by atoms with Crippen LogP contribution in [-0.2, 0) is 11.8 Å². The zero-order valence-electron chi connectivity index (χ0n) is 14.1. The van der Waals surface area contributed by atoms with E-state index in [1.54, 1.807) is 25.1 Å². The summed E-state index contributed by atoms with van der Waals surface area (Å²) in [5.74, 6) is 0.574. The normalized spacial score (nSPS) is 12.0. The molecular formula is C18H16Cl2N4OS. The zero-order valence-corrected chi connectivity index (χ0v) is 16.4. The minimum absolute atomic E-state index is 0.177. The average molecular weight is 407 g/mol. The van der Waals surface area contributed by atoms with E-state index in [4.69, 9.17) is 23.2 Å². The van der Waals surface area contributed by atoms with Crippen LogP contribution in [-0.4, -0.2) is 25.9 Å². The summed E-state index contributed by atoms with van der Waals surface area (Å²) in [4.78, 5) is 12.5. The van der Waals surface area contributed by atoms with Crippen LogP contribution in [0.2, 0.25) is 10.0 Å². The maximum absolute atomic E-state index is 12.5. The quantitative estimate of drug-likeness (QED) is 0.611. The van der Waals surface area contributed by atoms with E-state index < -0.39 is 0 Å². The second-order valence-corrected chi connectivity index (χ2v) is 7.76. The molecule has 3 aromatic rings. The molecular weight excluding hydrogens is 391 g/mol. The average Bonchev–Trinajstić information content (AvgIpc) is 2.98. The number of thioether (sulfide) groups is 1. The molecule has 1 atom stereocenters. The van der Waals surface area contributed by atoms with Crippen molar-refractivity contribution in [3.63, 3.8) is 0 Å². The Hall–Kier alpha value is -2.02. The van der Waals surface area contributed by atoms with Gasteiger partial charge in [-0.25, -0.2) is 0 Å². The molecule has 0 saturated heterocycles. The molecule has 0 aliphatic heterocycles. The fourth-order valence-corrected chi connectivity index (χ4v) is 3.56. The van der Waals surface area contributed by atoms with Crippen LogP contribution in [0.25, 0.3) is 11.4 Å². The minimum Gasteiger partial charge on any atom is -0.324 e. The molecule has 1 aromatic heterocycles. The van der Waals surface area contributed by atoms with Gasteiger partial charge in [0, 0.05) is 17.6 Å². The lowest BCUT2D eigenvalue weighted by Crippen LogP contribution is -2.23. The number of carbonyl (C=O) groups excluding carboxylic acids is 1. The van der Waals surface area contributed by atoms with E-state index in [1.807, 2.05) is 41.9 Å². The molecule has 0 saturated carbocycles. The van der Waals surface area contributed by atoms with Crippen LogP contribution in [0.5, 0.6) is 0 Å². The summed E-state index contributed by atoms with van der Waals surface area (Å²) >= 11 is 13.3. The van der Waals surface area contributed by atoms with E-state index in [2.05, 4.69) is 15.5 Å². The molecule has 3 rings (SSSR count). The third-order valence-corrected chi connectivity index (χ3v) is 5.39. The van der Waals surface area contributed by atoms with Gasteiger partial charge in [0.25, 0.3) is 0 Å². The van der Waals surface area contributed by atoms with Crippen LogP contribution in [0, 0.1) is 0 Å². The molecule has 1 heterocycles. The van der Waals surface area contributed by atoms with Gasteiger partial charge in [-0.3, -0.25) is 4.79 Å². The molecule has 26 heavy (non-hydrogen) atoms. The molecule has 0 unspecified atom stereocenters. The van der Waals surface area contributed by atoms with E-state index in [0.717, 1.165) is 11.4 Å². The van der Waals surface area contributed by atoms with Crippen LogP contribution in [0.1, 0.15) is 6.92 Å². The van der Waals surface area contributed by atoms with E-state index in [9.17, 15) is 4.79 Å². The SMILES string of the molecule is C[C@@H](Sc1nnc(-c2ccccc2)n1C)C(=O)Nc1ccc(Cl)cc1Cl. The number of carbonyl (C=O) groups is 1. The third-order valence-electron chi connectivity index (χ3n) is 3.71. The Bertz CT molecular complexity index is 930. The smallest absolute Gasteiger partial charge is 0.237 e. The van der Waals surface area contributed by atoms with Crippen molar-refractivity contribution in [1.82, 2.24) is 14.8 Å². The lowest BCUT2D eigenvalue weighted by Gasteiger charge is -2.12. The van der Waals surface area contributed by atoms with E-state index >= 15 is 0 Å². The summed E-state index contributed by atoms with van der Waals surface area (Å²) in [6.45, 7) is 1.81. The van der Waals surface area contributed by atoms with Gasteiger partial charge < -0.3 is 9.88 Å². The van der Waals surface area contributed by atoms with Gasteiger partial charge in [-0.1, -0.05) is 65.3 Å². The standard InChI is InChI=1S/C18H16Cl2N4OS/c1-11(17(25)21-15-9-8-13(19)10-14(15)20)26-18-23-22-16(24(18)2)12-6-4-3-5-7-12/h3-11H,1-2H3,(H,21,25)/t11-/m1/s1. The summed E-state index contributed by atoms with van der Waals surface area (Å²) in [7, 11) is 1.88. The zero-order chi connectivity index (χ0) is 18.7. The molecule has 0 aliphatic carbocycles. The number of anilines is 1. The van der Waals surface area contributed by atoms with Crippen molar-refractivity contribution < 1.29 is 4.79 Å². The van der Waals surface area contributed by atoms with Gasteiger partial charge in [-0.15, -0.1) is 10.2 Å². The van der Waals surface area contributed by atoms with Crippen molar-refractivity contribution >= 4 is 46.6 Å². The summed E-state index contributed by atoms with van der Waals surface area (Å²) in [6.07, 6.45) is 0. The Morgan fingerprint density at radius 1 is 1.15 bits per heavy atom. The van der Waals surface area contributed by atoms with Crippen LogP contribution in [0.4, 0.5) is 5.69 Å². The summed E-state index contributed by atoms with van der Waals surface area (Å²) in [5.41, 5.74) is 1.50. The Morgan fingerprint density at radius 3 is 2.58 bits per heavy atom. The van der Waals surface area contributed by atoms with Gasteiger partial charge in [-0.2, -0.15) is 0 Å². The van der Waals surface area contributed by atoms with Gasteiger partial charge in [0.05, 0.1) is 16.0 Å². The fourth-order valence-electron chi connectivity index (χ4n) is 2.29.